The Kier molecular flexibility index (Phi) is 5.35. The molecule has 0 radical (unpaired) electrons. The predicted molar refractivity (Wildman–Crippen MR) is 82.0 cm³/mol. The van der Waals surface area contributed by atoms with Crippen molar-refractivity contribution in [2.24, 2.45) is 0 Å². The fourth-order valence-corrected chi connectivity index (χ4v) is 1.83. The highest BCUT2D eigenvalue weighted by molar-refractivity contribution is 5.64. The lowest BCUT2D eigenvalue weighted by atomic mass is 10.2. The van der Waals surface area contributed by atoms with Crippen molar-refractivity contribution < 1.29 is 4.74 Å². The average molecular weight is 271 g/mol. The average Bonchev–Trinajstić information content (AvgIpc) is 2.51. The number of nitrogens with one attached hydrogen (secondary N) is 1. The molecule has 2 rings (SSSR count). The monoisotopic (exact) mass is 271 g/mol. The Bertz CT molecular complexity index is 493. The van der Waals surface area contributed by atoms with Gasteiger partial charge in [-0.2, -0.15) is 0 Å². The molecule has 0 spiro atoms. The van der Waals surface area contributed by atoms with Crippen LogP contribution in [0.25, 0.3) is 11.3 Å². The summed E-state index contributed by atoms with van der Waals surface area (Å²) in [6.07, 6.45) is 7.44. The van der Waals surface area contributed by atoms with Crippen molar-refractivity contribution in [3.8, 4) is 17.0 Å². The molecule has 0 aliphatic heterocycles. The van der Waals surface area contributed by atoms with Gasteiger partial charge in [-0.25, -0.2) is 0 Å². The second-order valence-electron chi connectivity index (χ2n) is 4.61. The second-order valence-corrected chi connectivity index (χ2v) is 4.61. The van der Waals surface area contributed by atoms with E-state index in [9.17, 15) is 0 Å². The van der Waals surface area contributed by atoms with Crippen LogP contribution in [0.1, 0.15) is 26.7 Å². The first kappa shape index (κ1) is 14.3. The molecule has 0 saturated carbocycles. The van der Waals surface area contributed by atoms with Gasteiger partial charge in [0.05, 0.1) is 18.5 Å². The minimum absolute atomic E-state index is 0.705. The van der Waals surface area contributed by atoms with Gasteiger partial charge in [-0.3, -0.25) is 9.97 Å². The molecule has 0 unspecified atom stereocenters. The van der Waals surface area contributed by atoms with E-state index in [1.807, 2.05) is 30.6 Å². The third-order valence-corrected chi connectivity index (χ3v) is 2.82. The Morgan fingerprint density at radius 3 is 2.85 bits per heavy atom. The van der Waals surface area contributed by atoms with Crippen LogP contribution in [0.4, 0.5) is 5.69 Å². The van der Waals surface area contributed by atoms with Gasteiger partial charge in [-0.1, -0.05) is 13.8 Å². The molecule has 0 fully saturated rings. The van der Waals surface area contributed by atoms with Crippen molar-refractivity contribution in [3.63, 3.8) is 0 Å². The summed E-state index contributed by atoms with van der Waals surface area (Å²) in [6.45, 7) is 5.90. The maximum Gasteiger partial charge on any atom is 0.138 e. The van der Waals surface area contributed by atoms with E-state index in [-0.39, 0.29) is 0 Å². The van der Waals surface area contributed by atoms with Crippen LogP contribution in [0.3, 0.4) is 0 Å². The van der Waals surface area contributed by atoms with E-state index in [0.717, 1.165) is 42.1 Å². The van der Waals surface area contributed by atoms with Crippen molar-refractivity contribution in [2.45, 2.75) is 26.7 Å². The summed E-state index contributed by atoms with van der Waals surface area (Å²) in [5.41, 5.74) is 2.95. The highest BCUT2D eigenvalue weighted by atomic mass is 16.5. The van der Waals surface area contributed by atoms with Gasteiger partial charge in [0.15, 0.2) is 0 Å². The molecule has 0 saturated heterocycles. The number of anilines is 1. The van der Waals surface area contributed by atoms with Gasteiger partial charge in [0.2, 0.25) is 0 Å². The molecule has 1 N–H and O–H groups in total. The molecule has 0 amide bonds. The molecule has 0 aliphatic carbocycles. The van der Waals surface area contributed by atoms with Crippen LogP contribution in [-0.4, -0.2) is 23.1 Å². The summed E-state index contributed by atoms with van der Waals surface area (Å²) in [7, 11) is 0. The zero-order valence-electron chi connectivity index (χ0n) is 12.1. The van der Waals surface area contributed by atoms with Crippen molar-refractivity contribution in [1.29, 1.82) is 0 Å². The van der Waals surface area contributed by atoms with Gasteiger partial charge in [0.1, 0.15) is 5.75 Å². The van der Waals surface area contributed by atoms with Gasteiger partial charge in [0.25, 0.3) is 0 Å². The first-order chi connectivity index (χ1) is 9.83. The molecule has 2 heterocycles. The van der Waals surface area contributed by atoms with Crippen LogP contribution >= 0.6 is 0 Å². The van der Waals surface area contributed by atoms with Crippen LogP contribution in [0.2, 0.25) is 0 Å². The Morgan fingerprint density at radius 2 is 2.05 bits per heavy atom. The number of hydrogen-bond donors (Lipinski definition) is 1. The van der Waals surface area contributed by atoms with Crippen molar-refractivity contribution >= 4 is 5.69 Å². The van der Waals surface area contributed by atoms with E-state index in [2.05, 4.69) is 29.1 Å². The lowest BCUT2D eigenvalue weighted by Crippen LogP contribution is -2.00. The smallest absolute Gasteiger partial charge is 0.138 e. The van der Waals surface area contributed by atoms with E-state index in [1.54, 1.807) is 6.20 Å². The molecular weight excluding hydrogens is 250 g/mol. The Labute approximate surface area is 120 Å². The van der Waals surface area contributed by atoms with Crippen LogP contribution in [0.5, 0.6) is 5.75 Å². The number of aromatic nitrogens is 2. The van der Waals surface area contributed by atoms with Crippen LogP contribution in [0, 0.1) is 0 Å². The molecule has 2 aromatic heterocycles. The highest BCUT2D eigenvalue weighted by Gasteiger charge is 2.03. The van der Waals surface area contributed by atoms with Gasteiger partial charge < -0.3 is 10.1 Å². The summed E-state index contributed by atoms with van der Waals surface area (Å²) in [6, 6.07) is 5.99. The minimum Gasteiger partial charge on any atom is -0.492 e. The third-order valence-electron chi connectivity index (χ3n) is 2.82. The van der Waals surface area contributed by atoms with E-state index in [1.165, 1.54) is 0 Å². The first-order valence-corrected chi connectivity index (χ1v) is 7.11. The molecule has 0 aromatic carbocycles. The molecule has 106 valence electrons. The predicted octanol–water partition coefficient (Wildman–Crippen LogP) is 3.75. The number of rotatable bonds is 7. The Morgan fingerprint density at radius 1 is 1.15 bits per heavy atom. The number of ether oxygens (including phenoxy) is 1. The molecular formula is C16H21N3O. The second kappa shape index (κ2) is 7.48. The Hall–Kier alpha value is -2.10. The summed E-state index contributed by atoms with van der Waals surface area (Å²) in [4.78, 5) is 8.62. The molecule has 2 aromatic rings. The van der Waals surface area contributed by atoms with Gasteiger partial charge in [0, 0.05) is 30.2 Å². The fraction of sp³-hybridized carbons (Fsp3) is 0.375. The number of hydrogen-bond acceptors (Lipinski definition) is 4. The minimum atomic E-state index is 0.705. The lowest BCUT2D eigenvalue weighted by Gasteiger charge is -2.08. The summed E-state index contributed by atoms with van der Waals surface area (Å²) in [5, 5.41) is 3.36. The molecule has 4 nitrogen and oxygen atoms in total. The van der Waals surface area contributed by atoms with E-state index >= 15 is 0 Å². The first-order valence-electron chi connectivity index (χ1n) is 7.11. The molecule has 20 heavy (non-hydrogen) atoms. The van der Waals surface area contributed by atoms with E-state index in [0.29, 0.717) is 6.61 Å². The summed E-state index contributed by atoms with van der Waals surface area (Å²) >= 11 is 0. The lowest BCUT2D eigenvalue weighted by molar-refractivity contribution is 0.316. The van der Waals surface area contributed by atoms with E-state index in [4.69, 9.17) is 4.74 Å². The normalized spacial score (nSPS) is 10.3. The zero-order chi connectivity index (χ0) is 14.2. The van der Waals surface area contributed by atoms with Gasteiger partial charge in [-0.15, -0.1) is 0 Å². The molecule has 0 aliphatic rings. The highest BCUT2D eigenvalue weighted by Crippen LogP contribution is 2.23. The van der Waals surface area contributed by atoms with Crippen molar-refractivity contribution in [3.05, 3.63) is 36.8 Å². The van der Waals surface area contributed by atoms with Crippen molar-refractivity contribution in [1.82, 2.24) is 9.97 Å². The fourth-order valence-electron chi connectivity index (χ4n) is 1.83. The third kappa shape index (κ3) is 3.95. The summed E-state index contributed by atoms with van der Waals surface area (Å²) in [5.74, 6) is 0.790. The standard InChI is InChI=1S/C16H21N3O/c1-3-6-18-14-5-7-19-16(10-14)13-9-15(12-17-11-13)20-8-4-2/h5,7,9-12H,3-4,6,8H2,1-2H3,(H,18,19). The SMILES string of the molecule is CCCNc1ccnc(-c2cncc(OCCC)c2)c1. The zero-order valence-corrected chi connectivity index (χ0v) is 12.1. The van der Waals surface area contributed by atoms with Gasteiger partial charge in [-0.05, 0) is 31.0 Å². The largest absolute Gasteiger partial charge is 0.492 e. The van der Waals surface area contributed by atoms with Crippen LogP contribution < -0.4 is 10.1 Å². The number of nitrogens with zero attached hydrogens (tertiary/aromatic N) is 2. The summed E-state index contributed by atoms with van der Waals surface area (Å²) < 4.78 is 5.61. The van der Waals surface area contributed by atoms with E-state index < -0.39 is 0 Å². The maximum absolute atomic E-state index is 5.61. The topological polar surface area (TPSA) is 47.0 Å². The number of pyridine rings is 2. The molecule has 4 heteroatoms. The molecule has 0 bridgehead atoms. The maximum atomic E-state index is 5.61. The van der Waals surface area contributed by atoms with Crippen LogP contribution in [0.15, 0.2) is 36.8 Å². The Balaban J connectivity index is 2.17. The molecule has 0 atom stereocenters. The van der Waals surface area contributed by atoms with Crippen LogP contribution in [-0.2, 0) is 0 Å². The quantitative estimate of drug-likeness (QED) is 0.833. The van der Waals surface area contributed by atoms with Gasteiger partial charge >= 0.3 is 0 Å². The van der Waals surface area contributed by atoms with Crippen molar-refractivity contribution in [2.75, 3.05) is 18.5 Å².